The Morgan fingerprint density at radius 2 is 1.85 bits per heavy atom. The van der Waals surface area contributed by atoms with Gasteiger partial charge in [0.25, 0.3) is 0 Å². The van der Waals surface area contributed by atoms with Gasteiger partial charge in [-0.25, -0.2) is 13.6 Å². The summed E-state index contributed by atoms with van der Waals surface area (Å²) in [6.45, 7) is 2.44. The third kappa shape index (κ3) is 4.31. The molecule has 0 bridgehead atoms. The van der Waals surface area contributed by atoms with Crippen molar-refractivity contribution in [2.45, 2.75) is 24.4 Å². The molecule has 0 saturated heterocycles. The van der Waals surface area contributed by atoms with Gasteiger partial charge in [-0.3, -0.25) is 4.79 Å². The molecule has 138 valence electrons. The van der Waals surface area contributed by atoms with Gasteiger partial charge in [0, 0.05) is 12.2 Å². The molecule has 0 aliphatic carbocycles. The lowest BCUT2D eigenvalue weighted by molar-refractivity contribution is -0.117. The number of rotatable bonds is 6. The molecule has 9 heteroatoms. The molecule has 3 rings (SSSR count). The molecular formula is C17H19N3O5S. The summed E-state index contributed by atoms with van der Waals surface area (Å²) in [6.07, 6.45) is 0. The van der Waals surface area contributed by atoms with E-state index in [1.165, 1.54) is 24.3 Å². The van der Waals surface area contributed by atoms with Gasteiger partial charge in [0.15, 0.2) is 11.5 Å². The quantitative estimate of drug-likeness (QED) is 0.695. The number of fused-ring (bicyclic) bond motifs is 1. The van der Waals surface area contributed by atoms with E-state index in [4.69, 9.17) is 14.6 Å². The van der Waals surface area contributed by atoms with Crippen LogP contribution < -0.4 is 25.2 Å². The average molecular weight is 377 g/mol. The number of carbonyl (C=O) groups is 1. The fourth-order valence-corrected chi connectivity index (χ4v) is 2.91. The minimum Gasteiger partial charge on any atom is -0.454 e. The number of anilines is 1. The van der Waals surface area contributed by atoms with E-state index in [9.17, 15) is 13.2 Å². The van der Waals surface area contributed by atoms with Gasteiger partial charge in [0.05, 0.1) is 10.9 Å². The van der Waals surface area contributed by atoms with E-state index in [0.29, 0.717) is 23.7 Å². The van der Waals surface area contributed by atoms with Gasteiger partial charge in [-0.05, 0) is 48.9 Å². The van der Waals surface area contributed by atoms with Crippen molar-refractivity contribution in [2.24, 2.45) is 5.14 Å². The van der Waals surface area contributed by atoms with Crippen LogP contribution in [-0.4, -0.2) is 27.2 Å². The highest BCUT2D eigenvalue weighted by molar-refractivity contribution is 7.89. The Kier molecular flexibility index (Phi) is 5.12. The topological polar surface area (TPSA) is 120 Å². The van der Waals surface area contributed by atoms with Gasteiger partial charge in [-0.1, -0.05) is 6.07 Å². The number of benzene rings is 2. The lowest BCUT2D eigenvalue weighted by atomic mass is 10.2. The number of hydrogen-bond acceptors (Lipinski definition) is 6. The van der Waals surface area contributed by atoms with Crippen molar-refractivity contribution in [1.29, 1.82) is 0 Å². The molecule has 26 heavy (non-hydrogen) atoms. The molecule has 1 heterocycles. The van der Waals surface area contributed by atoms with E-state index in [1.807, 2.05) is 18.2 Å². The minimum atomic E-state index is -3.75. The van der Waals surface area contributed by atoms with Crippen LogP contribution in [0.25, 0.3) is 0 Å². The van der Waals surface area contributed by atoms with Crippen molar-refractivity contribution in [3.63, 3.8) is 0 Å². The maximum Gasteiger partial charge on any atom is 0.241 e. The maximum absolute atomic E-state index is 12.2. The number of carbonyl (C=O) groups excluding carboxylic acids is 1. The predicted molar refractivity (Wildman–Crippen MR) is 95.3 cm³/mol. The van der Waals surface area contributed by atoms with Crippen molar-refractivity contribution in [3.05, 3.63) is 48.0 Å². The minimum absolute atomic E-state index is 0.00974. The van der Waals surface area contributed by atoms with Crippen molar-refractivity contribution in [2.75, 3.05) is 12.1 Å². The summed E-state index contributed by atoms with van der Waals surface area (Å²) < 4.78 is 33.0. The highest BCUT2D eigenvalue weighted by Crippen LogP contribution is 2.32. The van der Waals surface area contributed by atoms with Crippen molar-refractivity contribution < 1.29 is 22.7 Å². The van der Waals surface area contributed by atoms with Crippen LogP contribution in [0.4, 0.5) is 5.69 Å². The molecule has 8 nitrogen and oxygen atoms in total. The van der Waals surface area contributed by atoms with E-state index in [1.54, 1.807) is 6.92 Å². The lowest BCUT2D eigenvalue weighted by Crippen LogP contribution is -2.37. The molecule has 1 aliphatic rings. The van der Waals surface area contributed by atoms with Crippen LogP contribution in [0.15, 0.2) is 47.4 Å². The number of primary sulfonamides is 1. The highest BCUT2D eigenvalue weighted by Gasteiger charge is 2.16. The van der Waals surface area contributed by atoms with Crippen LogP contribution in [-0.2, 0) is 21.4 Å². The van der Waals surface area contributed by atoms with E-state index in [-0.39, 0.29) is 17.6 Å². The molecule has 0 fully saturated rings. The number of nitrogens with two attached hydrogens (primary N) is 1. The Labute approximate surface area is 151 Å². The Hall–Kier alpha value is -2.62. The smallest absolute Gasteiger partial charge is 0.241 e. The summed E-state index contributed by atoms with van der Waals surface area (Å²) >= 11 is 0. The van der Waals surface area contributed by atoms with Gasteiger partial charge >= 0.3 is 0 Å². The number of hydrogen-bond donors (Lipinski definition) is 3. The normalized spacial score (nSPS) is 14.1. The molecule has 1 amide bonds. The standard InChI is InChI=1S/C17H19N3O5S/c1-11(19-9-12-2-7-15-16(8-12)25-10-24-15)17(21)20-13-3-5-14(6-4-13)26(18,22)23/h2-8,11,19H,9-10H2,1H3,(H,20,21)(H2,18,22,23). The Morgan fingerprint density at radius 1 is 1.15 bits per heavy atom. The lowest BCUT2D eigenvalue weighted by Gasteiger charge is -2.14. The molecule has 0 spiro atoms. The largest absolute Gasteiger partial charge is 0.454 e. The third-order valence-corrected chi connectivity index (χ3v) is 4.82. The maximum atomic E-state index is 12.2. The van der Waals surface area contributed by atoms with Crippen LogP contribution in [0.2, 0.25) is 0 Å². The Bertz CT molecular complexity index is 912. The second-order valence-corrected chi connectivity index (χ2v) is 7.41. The average Bonchev–Trinajstić information content (AvgIpc) is 3.07. The second-order valence-electron chi connectivity index (χ2n) is 5.85. The van der Waals surface area contributed by atoms with Crippen molar-refractivity contribution >= 4 is 21.6 Å². The monoisotopic (exact) mass is 377 g/mol. The fraction of sp³-hybridized carbons (Fsp3) is 0.235. The van der Waals surface area contributed by atoms with Gasteiger partial charge in [-0.15, -0.1) is 0 Å². The van der Waals surface area contributed by atoms with Crippen LogP contribution in [0.1, 0.15) is 12.5 Å². The first-order valence-corrected chi connectivity index (χ1v) is 9.43. The summed E-state index contributed by atoms with van der Waals surface area (Å²) in [5.74, 6) is 1.16. The van der Waals surface area contributed by atoms with Crippen molar-refractivity contribution in [1.82, 2.24) is 5.32 Å². The molecule has 1 atom stereocenters. The molecule has 2 aromatic carbocycles. The summed E-state index contributed by atoms with van der Waals surface area (Å²) in [6, 6.07) is 10.8. The highest BCUT2D eigenvalue weighted by atomic mass is 32.2. The molecular weight excluding hydrogens is 358 g/mol. The Morgan fingerprint density at radius 3 is 2.54 bits per heavy atom. The number of amides is 1. The zero-order chi connectivity index (χ0) is 18.7. The van der Waals surface area contributed by atoms with Gasteiger partial charge in [0.2, 0.25) is 22.7 Å². The first-order valence-electron chi connectivity index (χ1n) is 7.88. The molecule has 0 saturated carbocycles. The van der Waals surface area contributed by atoms with Crippen molar-refractivity contribution in [3.8, 4) is 11.5 Å². The molecule has 4 N–H and O–H groups in total. The fourth-order valence-electron chi connectivity index (χ4n) is 2.39. The van der Waals surface area contributed by atoms with E-state index in [2.05, 4.69) is 10.6 Å². The SMILES string of the molecule is CC(NCc1ccc2c(c1)OCO2)C(=O)Nc1ccc(S(N)(=O)=O)cc1. The van der Waals surface area contributed by atoms with E-state index < -0.39 is 16.1 Å². The molecule has 1 unspecified atom stereocenters. The van der Waals surface area contributed by atoms with E-state index >= 15 is 0 Å². The Balaban J connectivity index is 1.54. The predicted octanol–water partition coefficient (Wildman–Crippen LogP) is 1.18. The molecule has 1 aliphatic heterocycles. The summed E-state index contributed by atoms with van der Waals surface area (Å²) in [5.41, 5.74) is 1.45. The van der Waals surface area contributed by atoms with Crippen LogP contribution in [0.3, 0.4) is 0 Å². The van der Waals surface area contributed by atoms with Gasteiger partial charge in [0.1, 0.15) is 0 Å². The third-order valence-electron chi connectivity index (χ3n) is 3.89. The number of sulfonamides is 1. The van der Waals surface area contributed by atoms with Gasteiger partial charge in [-0.2, -0.15) is 0 Å². The van der Waals surface area contributed by atoms with Crippen LogP contribution in [0.5, 0.6) is 11.5 Å². The second kappa shape index (κ2) is 7.32. The molecule has 2 aromatic rings. The zero-order valence-electron chi connectivity index (χ0n) is 14.1. The first kappa shape index (κ1) is 18.2. The molecule has 0 aromatic heterocycles. The first-order chi connectivity index (χ1) is 12.3. The molecule has 0 radical (unpaired) electrons. The summed E-state index contributed by atoms with van der Waals surface area (Å²) in [5, 5.41) is 10.9. The van der Waals surface area contributed by atoms with Crippen LogP contribution in [0, 0.1) is 0 Å². The summed E-state index contributed by atoms with van der Waals surface area (Å²) in [4.78, 5) is 12.2. The van der Waals surface area contributed by atoms with Crippen LogP contribution >= 0.6 is 0 Å². The number of nitrogens with one attached hydrogen (secondary N) is 2. The number of ether oxygens (including phenoxy) is 2. The van der Waals surface area contributed by atoms with E-state index in [0.717, 1.165) is 5.56 Å². The zero-order valence-corrected chi connectivity index (χ0v) is 14.9. The summed E-state index contributed by atoms with van der Waals surface area (Å²) in [7, 11) is -3.75. The van der Waals surface area contributed by atoms with Gasteiger partial charge < -0.3 is 20.1 Å².